The third kappa shape index (κ3) is 3.52. The Balaban J connectivity index is 2.38. The van der Waals surface area contributed by atoms with E-state index in [0.29, 0.717) is 22.4 Å². The van der Waals surface area contributed by atoms with Gasteiger partial charge in [-0.3, -0.25) is 4.68 Å². The van der Waals surface area contributed by atoms with Crippen LogP contribution in [-0.2, 0) is 24.4 Å². The highest BCUT2D eigenvalue weighted by molar-refractivity contribution is 5.71. The number of aromatic nitrogens is 4. The van der Waals surface area contributed by atoms with Crippen LogP contribution in [0, 0.1) is 27.7 Å². The molecule has 0 aliphatic carbocycles. The van der Waals surface area contributed by atoms with Gasteiger partial charge in [0.15, 0.2) is 17.1 Å². The van der Waals surface area contributed by atoms with Gasteiger partial charge in [-0.2, -0.15) is 5.10 Å². The molecule has 1 atom stereocenters. The molecule has 7 heteroatoms. The first-order valence-electron chi connectivity index (χ1n) is 10.4. The highest BCUT2D eigenvalue weighted by Gasteiger charge is 2.41. The molecule has 0 aliphatic rings. The van der Waals surface area contributed by atoms with Crippen LogP contribution < -0.4 is 0 Å². The summed E-state index contributed by atoms with van der Waals surface area (Å²) in [5.74, 6) is 0.945. The van der Waals surface area contributed by atoms with Crippen molar-refractivity contribution in [2.24, 2.45) is 14.1 Å². The standard InChI is InChI=1S/C25H32N4O3/c1-14-10-11-20(12-21(14)15(2)24(30)18(5)32-9)25(31,22-13-26-19(6)28(22)7)23-16(3)27-29(8)17(23)4/h10-13,30-31H,5H2,1-4,6-9H3/b24-15+. The summed E-state index contributed by atoms with van der Waals surface area (Å²) in [7, 11) is 5.22. The zero-order chi connectivity index (χ0) is 24.0. The number of nitrogens with zero attached hydrogens (tertiary/aromatic N) is 4. The van der Waals surface area contributed by atoms with E-state index in [-0.39, 0.29) is 11.5 Å². The van der Waals surface area contributed by atoms with Gasteiger partial charge in [0.05, 0.1) is 24.7 Å². The summed E-state index contributed by atoms with van der Waals surface area (Å²) in [6.07, 6.45) is 1.70. The SMILES string of the molecule is C=C(OC)/C(O)=C(/C)c1cc(C(O)(c2c(C)nn(C)c2C)c2cnc(C)n2C)ccc1C. The van der Waals surface area contributed by atoms with E-state index in [9.17, 15) is 10.2 Å². The highest BCUT2D eigenvalue weighted by Crippen LogP contribution is 2.41. The maximum atomic E-state index is 12.5. The van der Waals surface area contributed by atoms with E-state index < -0.39 is 5.60 Å². The lowest BCUT2D eigenvalue weighted by Gasteiger charge is -2.31. The fraction of sp³-hybridized carbons (Fsp3) is 0.360. The summed E-state index contributed by atoms with van der Waals surface area (Å²) < 4.78 is 8.77. The lowest BCUT2D eigenvalue weighted by Crippen LogP contribution is -2.33. The molecule has 0 aliphatic heterocycles. The Bertz CT molecular complexity index is 1230. The number of ether oxygens (including phenoxy) is 1. The van der Waals surface area contributed by atoms with Crippen molar-refractivity contribution >= 4 is 5.57 Å². The first-order valence-corrected chi connectivity index (χ1v) is 10.4. The van der Waals surface area contributed by atoms with Crippen LogP contribution in [0.2, 0.25) is 0 Å². The van der Waals surface area contributed by atoms with E-state index in [0.717, 1.165) is 28.3 Å². The molecule has 1 aromatic carbocycles. The number of aryl methyl sites for hydroxylation is 4. The summed E-state index contributed by atoms with van der Waals surface area (Å²) in [6.45, 7) is 13.3. The Morgan fingerprint density at radius 1 is 1.16 bits per heavy atom. The van der Waals surface area contributed by atoms with Crippen LogP contribution in [0.4, 0.5) is 0 Å². The van der Waals surface area contributed by atoms with Crippen LogP contribution in [0.15, 0.2) is 42.5 Å². The fourth-order valence-electron chi connectivity index (χ4n) is 4.24. The average Bonchev–Trinajstić information content (AvgIpc) is 3.23. The lowest BCUT2D eigenvalue weighted by molar-refractivity contribution is 0.115. The monoisotopic (exact) mass is 436 g/mol. The van der Waals surface area contributed by atoms with Crippen molar-refractivity contribution in [3.05, 3.63) is 87.7 Å². The molecular weight excluding hydrogens is 404 g/mol. The normalized spacial score (nSPS) is 14.2. The Labute approximate surface area is 189 Å². The van der Waals surface area contributed by atoms with Gasteiger partial charge in [0, 0.05) is 30.9 Å². The predicted octanol–water partition coefficient (Wildman–Crippen LogP) is 4.12. The van der Waals surface area contributed by atoms with E-state index >= 15 is 0 Å². The van der Waals surface area contributed by atoms with Crippen LogP contribution >= 0.6 is 0 Å². The molecule has 2 heterocycles. The van der Waals surface area contributed by atoms with Gasteiger partial charge in [-0.1, -0.05) is 18.7 Å². The number of hydrogen-bond donors (Lipinski definition) is 2. The van der Waals surface area contributed by atoms with Gasteiger partial charge in [0.2, 0.25) is 0 Å². The Morgan fingerprint density at radius 3 is 2.31 bits per heavy atom. The van der Waals surface area contributed by atoms with Crippen LogP contribution in [-0.4, -0.2) is 36.7 Å². The minimum Gasteiger partial charge on any atom is -0.504 e. The predicted molar refractivity (Wildman–Crippen MR) is 125 cm³/mol. The van der Waals surface area contributed by atoms with Crippen molar-refractivity contribution < 1.29 is 14.9 Å². The molecule has 0 amide bonds. The number of methoxy groups -OCH3 is 1. The number of hydrogen-bond acceptors (Lipinski definition) is 5. The van der Waals surface area contributed by atoms with Gasteiger partial charge in [-0.15, -0.1) is 0 Å². The van der Waals surface area contributed by atoms with Crippen molar-refractivity contribution in [1.82, 2.24) is 19.3 Å². The van der Waals surface area contributed by atoms with Gasteiger partial charge in [0.25, 0.3) is 0 Å². The molecule has 7 nitrogen and oxygen atoms in total. The first kappa shape index (κ1) is 23.3. The molecule has 0 fully saturated rings. The molecule has 0 spiro atoms. The van der Waals surface area contributed by atoms with E-state index in [1.165, 1.54) is 7.11 Å². The maximum Gasteiger partial charge on any atom is 0.160 e. The van der Waals surface area contributed by atoms with Gasteiger partial charge >= 0.3 is 0 Å². The minimum absolute atomic E-state index is 0.0265. The fourth-order valence-corrected chi connectivity index (χ4v) is 4.24. The zero-order valence-electron chi connectivity index (χ0n) is 20.1. The molecule has 3 aromatic rings. The third-order valence-electron chi connectivity index (χ3n) is 6.39. The van der Waals surface area contributed by atoms with Crippen molar-refractivity contribution in [1.29, 1.82) is 0 Å². The van der Waals surface area contributed by atoms with E-state index in [2.05, 4.69) is 16.7 Å². The Morgan fingerprint density at radius 2 is 1.81 bits per heavy atom. The zero-order valence-corrected chi connectivity index (χ0v) is 20.1. The van der Waals surface area contributed by atoms with Gasteiger partial charge in [0.1, 0.15) is 5.82 Å². The van der Waals surface area contributed by atoms with Gasteiger partial charge < -0.3 is 19.5 Å². The number of benzene rings is 1. The van der Waals surface area contributed by atoms with Crippen molar-refractivity contribution in [2.75, 3.05) is 7.11 Å². The van der Waals surface area contributed by atoms with E-state index in [1.807, 2.05) is 64.6 Å². The smallest absolute Gasteiger partial charge is 0.160 e. The second-order valence-electron chi connectivity index (χ2n) is 8.26. The summed E-state index contributed by atoms with van der Waals surface area (Å²) in [4.78, 5) is 4.44. The van der Waals surface area contributed by atoms with Crippen LogP contribution in [0.25, 0.3) is 5.57 Å². The third-order valence-corrected chi connectivity index (χ3v) is 6.39. The number of rotatable bonds is 6. The molecule has 2 aromatic heterocycles. The van der Waals surface area contributed by atoms with Gasteiger partial charge in [-0.05, 0) is 57.4 Å². The van der Waals surface area contributed by atoms with Crippen LogP contribution in [0.3, 0.4) is 0 Å². The van der Waals surface area contributed by atoms with Crippen LogP contribution in [0.5, 0.6) is 0 Å². The molecule has 2 N–H and O–H groups in total. The summed E-state index contributed by atoms with van der Waals surface area (Å²) in [5.41, 5.74) is 4.43. The summed E-state index contributed by atoms with van der Waals surface area (Å²) in [6, 6.07) is 5.74. The van der Waals surface area contributed by atoms with Crippen LogP contribution in [0.1, 0.15) is 52.1 Å². The molecular formula is C25H32N4O3. The first-order chi connectivity index (χ1) is 14.9. The van der Waals surface area contributed by atoms with E-state index in [4.69, 9.17) is 4.74 Å². The lowest BCUT2D eigenvalue weighted by atomic mass is 9.80. The average molecular weight is 437 g/mol. The molecule has 3 rings (SSSR count). The highest BCUT2D eigenvalue weighted by atomic mass is 16.5. The second kappa shape index (κ2) is 8.31. The molecule has 0 bridgehead atoms. The van der Waals surface area contributed by atoms with Gasteiger partial charge in [-0.25, -0.2) is 4.98 Å². The quantitative estimate of drug-likeness (QED) is 0.448. The molecule has 32 heavy (non-hydrogen) atoms. The van der Waals surface area contributed by atoms with E-state index in [1.54, 1.807) is 17.8 Å². The molecule has 0 saturated heterocycles. The number of imidazole rings is 1. The topological polar surface area (TPSA) is 85.3 Å². The molecule has 170 valence electrons. The number of allylic oxidation sites excluding steroid dienone is 1. The summed E-state index contributed by atoms with van der Waals surface area (Å²) >= 11 is 0. The second-order valence-corrected chi connectivity index (χ2v) is 8.26. The molecule has 0 radical (unpaired) electrons. The largest absolute Gasteiger partial charge is 0.504 e. The van der Waals surface area contributed by atoms with Crippen molar-refractivity contribution in [3.63, 3.8) is 0 Å². The molecule has 0 saturated carbocycles. The number of aliphatic hydroxyl groups is 2. The Kier molecular flexibility index (Phi) is 6.07. The maximum absolute atomic E-state index is 12.5. The number of aliphatic hydroxyl groups excluding tert-OH is 1. The van der Waals surface area contributed by atoms with Crippen molar-refractivity contribution in [3.8, 4) is 0 Å². The summed E-state index contributed by atoms with van der Waals surface area (Å²) in [5, 5.41) is 27.6. The molecule has 1 unspecified atom stereocenters. The van der Waals surface area contributed by atoms with Crippen molar-refractivity contribution in [2.45, 2.75) is 40.2 Å². The minimum atomic E-state index is -1.50. The Hall–Kier alpha value is -3.32.